The lowest BCUT2D eigenvalue weighted by Gasteiger charge is -2.25. The van der Waals surface area contributed by atoms with Gasteiger partial charge in [0.15, 0.2) is 6.61 Å². The van der Waals surface area contributed by atoms with Crippen LogP contribution < -0.4 is 15.0 Å². The number of amides is 1. The number of thioether (sulfide) groups is 2. The Bertz CT molecular complexity index is 814. The van der Waals surface area contributed by atoms with Gasteiger partial charge in [0.1, 0.15) is 5.75 Å². The molecule has 2 aliphatic rings. The molecule has 2 aliphatic heterocycles. The van der Waals surface area contributed by atoms with Crippen molar-refractivity contribution in [1.29, 1.82) is 0 Å². The second-order valence-electron chi connectivity index (χ2n) is 7.75. The number of carbonyl (C=O) groups excluding carboxylic acids is 1. The first-order valence-corrected chi connectivity index (χ1v) is 13.0. The Kier molecular flexibility index (Phi) is 7.87. The van der Waals surface area contributed by atoms with E-state index in [-0.39, 0.29) is 12.5 Å². The van der Waals surface area contributed by atoms with Crippen molar-refractivity contribution in [1.82, 2.24) is 0 Å². The zero-order valence-electron chi connectivity index (χ0n) is 17.3. The molecule has 4 nitrogen and oxygen atoms in total. The summed E-state index contributed by atoms with van der Waals surface area (Å²) in [5, 5.41) is 3.05. The van der Waals surface area contributed by atoms with Crippen LogP contribution in [0.15, 0.2) is 48.5 Å². The zero-order chi connectivity index (χ0) is 20.6. The van der Waals surface area contributed by atoms with Gasteiger partial charge in [0.25, 0.3) is 5.91 Å². The highest BCUT2D eigenvalue weighted by molar-refractivity contribution is 8.16. The van der Waals surface area contributed by atoms with Crippen molar-refractivity contribution in [3.63, 3.8) is 0 Å². The molecule has 2 heterocycles. The summed E-state index contributed by atoms with van der Waals surface area (Å²) in [4.78, 5) is 14.9. The topological polar surface area (TPSA) is 41.6 Å². The summed E-state index contributed by atoms with van der Waals surface area (Å²) in [7, 11) is 0. The third-order valence-electron chi connectivity index (χ3n) is 5.47. The molecule has 0 unspecified atom stereocenters. The summed E-state index contributed by atoms with van der Waals surface area (Å²) >= 11 is 4.02. The third kappa shape index (κ3) is 5.88. The summed E-state index contributed by atoms with van der Waals surface area (Å²) in [6, 6.07) is 16.3. The Morgan fingerprint density at radius 2 is 1.63 bits per heavy atom. The van der Waals surface area contributed by atoms with Crippen LogP contribution in [0.5, 0.6) is 5.75 Å². The van der Waals surface area contributed by atoms with Crippen LogP contribution in [0, 0.1) is 0 Å². The lowest BCUT2D eigenvalue weighted by Crippen LogP contribution is -2.27. The Labute approximate surface area is 188 Å². The molecule has 1 N–H and O–H groups in total. The average molecular weight is 443 g/mol. The fourth-order valence-corrected chi connectivity index (χ4v) is 6.80. The molecule has 160 valence electrons. The normalized spacial score (nSPS) is 17.9. The van der Waals surface area contributed by atoms with Gasteiger partial charge in [-0.2, -0.15) is 0 Å². The Hall–Kier alpha value is -1.79. The second kappa shape index (κ2) is 11.0. The highest BCUT2D eigenvalue weighted by Crippen LogP contribution is 2.43. The van der Waals surface area contributed by atoms with Gasteiger partial charge in [-0.05, 0) is 60.6 Å². The molecular weight excluding hydrogens is 412 g/mol. The minimum atomic E-state index is -0.125. The molecule has 30 heavy (non-hydrogen) atoms. The van der Waals surface area contributed by atoms with Crippen LogP contribution in [-0.2, 0) is 4.79 Å². The first kappa shape index (κ1) is 21.4. The number of anilines is 2. The van der Waals surface area contributed by atoms with Crippen LogP contribution in [0.1, 0.15) is 42.2 Å². The van der Waals surface area contributed by atoms with Crippen LogP contribution in [0.4, 0.5) is 11.4 Å². The first-order chi connectivity index (χ1) is 14.8. The Morgan fingerprint density at radius 3 is 2.37 bits per heavy atom. The number of nitrogens with one attached hydrogen (secondary N) is 1. The third-order valence-corrected chi connectivity index (χ3v) is 8.49. The lowest BCUT2D eigenvalue weighted by molar-refractivity contribution is -0.118. The molecule has 0 atom stereocenters. The number of nitrogens with zero attached hydrogens (tertiary/aromatic N) is 1. The van der Waals surface area contributed by atoms with Crippen LogP contribution >= 0.6 is 23.5 Å². The average Bonchev–Trinajstić information content (AvgIpc) is 3.09. The van der Waals surface area contributed by atoms with Gasteiger partial charge < -0.3 is 15.0 Å². The number of para-hydroxylation sites is 2. The van der Waals surface area contributed by atoms with Crippen LogP contribution in [0.3, 0.4) is 0 Å². The van der Waals surface area contributed by atoms with E-state index >= 15 is 0 Å². The van der Waals surface area contributed by atoms with Crippen LogP contribution in [-0.4, -0.2) is 37.1 Å². The number of benzene rings is 2. The van der Waals surface area contributed by atoms with Gasteiger partial charge in [-0.15, -0.1) is 23.5 Å². The van der Waals surface area contributed by atoms with E-state index in [1.165, 1.54) is 49.2 Å². The van der Waals surface area contributed by atoms with Crippen molar-refractivity contribution in [2.45, 2.75) is 36.7 Å². The van der Waals surface area contributed by atoms with Gasteiger partial charge in [0.2, 0.25) is 0 Å². The maximum Gasteiger partial charge on any atom is 0.262 e. The van der Waals surface area contributed by atoms with E-state index < -0.39 is 0 Å². The molecule has 2 saturated heterocycles. The maximum absolute atomic E-state index is 12.5. The molecule has 6 heteroatoms. The standard InChI is InChI=1S/C24H30N2O2S2/c27-23(18-28-20-12-10-19(11-13-20)24-29-16-7-17-30-24)25-21-8-3-4-9-22(21)26-14-5-1-2-6-15-26/h3-4,8-13,24H,1-2,5-7,14-18H2,(H,25,27). The maximum atomic E-state index is 12.5. The van der Waals surface area contributed by atoms with Crippen molar-refractivity contribution >= 4 is 40.8 Å². The van der Waals surface area contributed by atoms with E-state index in [1.807, 2.05) is 53.9 Å². The summed E-state index contributed by atoms with van der Waals surface area (Å²) in [6.07, 6.45) is 6.28. The second-order valence-corrected chi connectivity index (χ2v) is 10.5. The van der Waals surface area contributed by atoms with Gasteiger partial charge >= 0.3 is 0 Å². The highest BCUT2D eigenvalue weighted by Gasteiger charge is 2.17. The molecular formula is C24H30N2O2S2. The molecule has 0 spiro atoms. The summed E-state index contributed by atoms with van der Waals surface area (Å²) in [5.74, 6) is 3.07. The minimum absolute atomic E-state index is 0.0145. The molecule has 0 saturated carbocycles. The first-order valence-electron chi connectivity index (χ1n) is 10.9. The molecule has 2 aromatic rings. The number of rotatable bonds is 6. The largest absolute Gasteiger partial charge is 0.484 e. The zero-order valence-corrected chi connectivity index (χ0v) is 19.0. The van der Waals surface area contributed by atoms with E-state index in [4.69, 9.17) is 4.74 Å². The quantitative estimate of drug-likeness (QED) is 0.598. The molecule has 0 radical (unpaired) electrons. The number of hydrogen-bond donors (Lipinski definition) is 1. The number of ether oxygens (including phenoxy) is 1. The van der Waals surface area contributed by atoms with Crippen LogP contribution in [0.25, 0.3) is 0 Å². The van der Waals surface area contributed by atoms with E-state index in [0.717, 1.165) is 30.2 Å². The van der Waals surface area contributed by atoms with Gasteiger partial charge in [-0.3, -0.25) is 4.79 Å². The van der Waals surface area contributed by atoms with Gasteiger partial charge in [-0.1, -0.05) is 37.1 Å². The fraction of sp³-hybridized carbons (Fsp3) is 0.458. The van der Waals surface area contributed by atoms with Crippen molar-refractivity contribution in [3.05, 3.63) is 54.1 Å². The predicted molar refractivity (Wildman–Crippen MR) is 130 cm³/mol. The van der Waals surface area contributed by atoms with Crippen LogP contribution in [0.2, 0.25) is 0 Å². The lowest BCUT2D eigenvalue weighted by atomic mass is 10.2. The number of hydrogen-bond acceptors (Lipinski definition) is 5. The molecule has 4 rings (SSSR count). The predicted octanol–water partition coefficient (Wildman–Crippen LogP) is 5.95. The molecule has 0 aliphatic carbocycles. The summed E-state index contributed by atoms with van der Waals surface area (Å²) < 4.78 is 6.27. The van der Waals surface area contributed by atoms with E-state index in [0.29, 0.717) is 4.58 Å². The van der Waals surface area contributed by atoms with Gasteiger partial charge in [0.05, 0.1) is 16.0 Å². The molecule has 0 aromatic heterocycles. The van der Waals surface area contributed by atoms with Gasteiger partial charge in [-0.25, -0.2) is 0 Å². The molecule has 0 bridgehead atoms. The van der Waals surface area contributed by atoms with Crippen molar-refractivity contribution in [2.24, 2.45) is 0 Å². The van der Waals surface area contributed by atoms with Gasteiger partial charge in [0, 0.05) is 13.1 Å². The molecule has 2 aromatic carbocycles. The van der Waals surface area contributed by atoms with Crippen molar-refractivity contribution in [3.8, 4) is 5.75 Å². The fourth-order valence-electron chi connectivity index (χ4n) is 3.90. The minimum Gasteiger partial charge on any atom is -0.484 e. The Balaban J connectivity index is 1.32. The van der Waals surface area contributed by atoms with Crippen molar-refractivity contribution in [2.75, 3.05) is 41.4 Å². The molecule has 1 amide bonds. The van der Waals surface area contributed by atoms with E-state index in [2.05, 4.69) is 28.4 Å². The summed E-state index contributed by atoms with van der Waals surface area (Å²) in [5.41, 5.74) is 3.31. The molecule has 2 fully saturated rings. The monoisotopic (exact) mass is 442 g/mol. The van der Waals surface area contributed by atoms with Crippen molar-refractivity contribution < 1.29 is 9.53 Å². The van der Waals surface area contributed by atoms with E-state index in [9.17, 15) is 4.79 Å². The SMILES string of the molecule is O=C(COc1ccc(C2SCCCS2)cc1)Nc1ccccc1N1CCCCCC1. The smallest absolute Gasteiger partial charge is 0.262 e. The Morgan fingerprint density at radius 1 is 0.933 bits per heavy atom. The highest BCUT2D eigenvalue weighted by atomic mass is 32.2. The summed E-state index contributed by atoms with van der Waals surface area (Å²) in [6.45, 7) is 2.11. The van der Waals surface area contributed by atoms with E-state index in [1.54, 1.807) is 0 Å². The number of carbonyl (C=O) groups is 1.